The summed E-state index contributed by atoms with van der Waals surface area (Å²) in [6.45, 7) is 0.0555. The number of benzene rings is 2. The molecule has 0 spiro atoms. The summed E-state index contributed by atoms with van der Waals surface area (Å²) in [6, 6.07) is 8.80. The average Bonchev–Trinajstić information content (AvgIpc) is 2.34. The molecule has 0 aromatic heterocycles. The molecule has 0 saturated carbocycles. The van der Waals surface area contributed by atoms with Gasteiger partial charge in [0.05, 0.1) is 5.69 Å². The van der Waals surface area contributed by atoms with Crippen molar-refractivity contribution in [1.29, 1.82) is 0 Å². The van der Waals surface area contributed by atoms with Crippen LogP contribution in [0, 0.1) is 11.6 Å². The van der Waals surface area contributed by atoms with E-state index in [9.17, 15) is 8.78 Å². The van der Waals surface area contributed by atoms with Crippen molar-refractivity contribution in [3.63, 3.8) is 0 Å². The van der Waals surface area contributed by atoms with Gasteiger partial charge < -0.3 is 10.5 Å². The Morgan fingerprint density at radius 3 is 2.56 bits per heavy atom. The minimum atomic E-state index is -0.717. The third-order valence-electron chi connectivity index (χ3n) is 2.39. The van der Waals surface area contributed by atoms with Crippen LogP contribution in [0.4, 0.5) is 14.5 Å². The second kappa shape index (κ2) is 5.23. The van der Waals surface area contributed by atoms with Crippen LogP contribution >= 0.6 is 11.6 Å². The zero-order valence-electron chi connectivity index (χ0n) is 9.29. The van der Waals surface area contributed by atoms with Crippen LogP contribution in [-0.2, 0) is 6.61 Å². The first kappa shape index (κ1) is 12.6. The first-order chi connectivity index (χ1) is 8.58. The quantitative estimate of drug-likeness (QED) is 0.861. The molecular formula is C13H10ClF2NO. The third kappa shape index (κ3) is 2.71. The lowest BCUT2D eigenvalue weighted by Crippen LogP contribution is -2.00. The summed E-state index contributed by atoms with van der Waals surface area (Å²) in [5, 5.41) is 0.508. The number of ether oxygens (including phenoxy) is 1. The van der Waals surface area contributed by atoms with Crippen molar-refractivity contribution in [2.24, 2.45) is 0 Å². The Kier molecular flexibility index (Phi) is 3.67. The van der Waals surface area contributed by atoms with Gasteiger partial charge in [0, 0.05) is 22.7 Å². The van der Waals surface area contributed by atoms with Crippen LogP contribution in [0.5, 0.6) is 5.75 Å². The van der Waals surface area contributed by atoms with E-state index in [1.165, 1.54) is 0 Å². The fraction of sp³-hybridized carbons (Fsp3) is 0.0769. The fourth-order valence-corrected chi connectivity index (χ4v) is 1.62. The topological polar surface area (TPSA) is 35.2 Å². The van der Waals surface area contributed by atoms with E-state index in [1.54, 1.807) is 24.3 Å². The van der Waals surface area contributed by atoms with E-state index in [0.29, 0.717) is 10.6 Å². The van der Waals surface area contributed by atoms with Crippen molar-refractivity contribution in [3.8, 4) is 5.75 Å². The average molecular weight is 270 g/mol. The molecule has 0 amide bonds. The molecule has 0 aliphatic rings. The Hall–Kier alpha value is -1.81. The number of rotatable bonds is 3. The summed E-state index contributed by atoms with van der Waals surface area (Å²) in [7, 11) is 0. The van der Waals surface area contributed by atoms with Gasteiger partial charge in [-0.25, -0.2) is 8.78 Å². The SMILES string of the molecule is Nc1cc(F)c(OCc2ccccc2Cl)cc1F. The Bertz CT molecular complexity index is 575. The Balaban J connectivity index is 2.16. The lowest BCUT2D eigenvalue weighted by Gasteiger charge is -2.09. The van der Waals surface area contributed by atoms with Gasteiger partial charge in [-0.15, -0.1) is 0 Å². The summed E-state index contributed by atoms with van der Waals surface area (Å²) in [5.74, 6) is -1.62. The highest BCUT2D eigenvalue weighted by Gasteiger charge is 2.09. The lowest BCUT2D eigenvalue weighted by molar-refractivity contribution is 0.289. The number of nitrogen functional groups attached to an aromatic ring is 1. The second-order valence-electron chi connectivity index (χ2n) is 3.68. The minimum Gasteiger partial charge on any atom is -0.486 e. The van der Waals surface area contributed by atoms with Crippen molar-refractivity contribution in [2.45, 2.75) is 6.61 Å². The molecule has 0 aliphatic carbocycles. The van der Waals surface area contributed by atoms with Crippen LogP contribution < -0.4 is 10.5 Å². The number of hydrogen-bond acceptors (Lipinski definition) is 2. The largest absolute Gasteiger partial charge is 0.486 e. The molecule has 0 fully saturated rings. The van der Waals surface area contributed by atoms with E-state index < -0.39 is 11.6 Å². The molecule has 2 N–H and O–H groups in total. The highest BCUT2D eigenvalue weighted by atomic mass is 35.5. The van der Waals surface area contributed by atoms with Crippen molar-refractivity contribution < 1.29 is 13.5 Å². The minimum absolute atomic E-state index is 0.0555. The molecule has 0 bridgehead atoms. The summed E-state index contributed by atoms with van der Waals surface area (Å²) >= 11 is 5.92. The molecule has 0 aliphatic heterocycles. The van der Waals surface area contributed by atoms with E-state index in [4.69, 9.17) is 22.1 Å². The predicted molar refractivity (Wildman–Crippen MR) is 66.6 cm³/mol. The van der Waals surface area contributed by atoms with E-state index in [-0.39, 0.29) is 18.0 Å². The summed E-state index contributed by atoms with van der Waals surface area (Å²) in [6.07, 6.45) is 0. The zero-order valence-corrected chi connectivity index (χ0v) is 10.0. The van der Waals surface area contributed by atoms with Gasteiger partial charge in [-0.1, -0.05) is 29.8 Å². The number of nitrogens with two attached hydrogens (primary N) is 1. The van der Waals surface area contributed by atoms with Gasteiger partial charge in [-0.05, 0) is 6.07 Å². The highest BCUT2D eigenvalue weighted by Crippen LogP contribution is 2.25. The first-order valence-corrected chi connectivity index (χ1v) is 5.56. The molecule has 0 saturated heterocycles. The highest BCUT2D eigenvalue weighted by molar-refractivity contribution is 6.31. The zero-order chi connectivity index (χ0) is 13.1. The van der Waals surface area contributed by atoms with Crippen molar-refractivity contribution >= 4 is 17.3 Å². The van der Waals surface area contributed by atoms with Crippen LogP contribution in [0.3, 0.4) is 0 Å². The lowest BCUT2D eigenvalue weighted by atomic mass is 10.2. The van der Waals surface area contributed by atoms with Crippen LogP contribution in [0.15, 0.2) is 36.4 Å². The van der Waals surface area contributed by atoms with Crippen LogP contribution in [-0.4, -0.2) is 0 Å². The molecule has 0 heterocycles. The number of hydrogen-bond donors (Lipinski definition) is 1. The van der Waals surface area contributed by atoms with E-state index in [0.717, 1.165) is 12.1 Å². The van der Waals surface area contributed by atoms with Gasteiger partial charge in [0.15, 0.2) is 11.6 Å². The maximum atomic E-state index is 13.4. The first-order valence-electron chi connectivity index (χ1n) is 5.18. The monoisotopic (exact) mass is 269 g/mol. The summed E-state index contributed by atoms with van der Waals surface area (Å²) in [4.78, 5) is 0. The molecule has 2 aromatic rings. The molecular weight excluding hydrogens is 260 g/mol. The smallest absolute Gasteiger partial charge is 0.167 e. The second-order valence-corrected chi connectivity index (χ2v) is 4.09. The van der Waals surface area contributed by atoms with Crippen molar-refractivity contribution in [2.75, 3.05) is 5.73 Å². The molecule has 2 rings (SSSR count). The Morgan fingerprint density at radius 1 is 1.11 bits per heavy atom. The van der Waals surface area contributed by atoms with Crippen LogP contribution in [0.2, 0.25) is 5.02 Å². The number of anilines is 1. The normalized spacial score (nSPS) is 10.4. The van der Waals surface area contributed by atoms with Crippen LogP contribution in [0.1, 0.15) is 5.56 Å². The van der Waals surface area contributed by atoms with Gasteiger partial charge >= 0.3 is 0 Å². The molecule has 0 unspecified atom stereocenters. The van der Waals surface area contributed by atoms with Gasteiger partial charge in [-0.3, -0.25) is 0 Å². The molecule has 5 heteroatoms. The Labute approximate surface area is 108 Å². The van der Waals surface area contributed by atoms with Crippen LogP contribution in [0.25, 0.3) is 0 Å². The molecule has 94 valence electrons. The van der Waals surface area contributed by atoms with Gasteiger partial charge in [0.25, 0.3) is 0 Å². The summed E-state index contributed by atoms with van der Waals surface area (Å²) < 4.78 is 31.8. The number of halogens is 3. The maximum absolute atomic E-state index is 13.4. The van der Waals surface area contributed by atoms with Crippen molar-refractivity contribution in [1.82, 2.24) is 0 Å². The van der Waals surface area contributed by atoms with E-state index >= 15 is 0 Å². The fourth-order valence-electron chi connectivity index (χ4n) is 1.43. The predicted octanol–water partition coefficient (Wildman–Crippen LogP) is 3.78. The molecule has 2 nitrogen and oxygen atoms in total. The molecule has 0 atom stereocenters. The third-order valence-corrected chi connectivity index (χ3v) is 2.76. The van der Waals surface area contributed by atoms with E-state index in [2.05, 4.69) is 0 Å². The van der Waals surface area contributed by atoms with Gasteiger partial charge in [0.1, 0.15) is 12.4 Å². The molecule has 2 aromatic carbocycles. The van der Waals surface area contributed by atoms with Gasteiger partial charge in [0.2, 0.25) is 0 Å². The molecule has 18 heavy (non-hydrogen) atoms. The van der Waals surface area contributed by atoms with Gasteiger partial charge in [-0.2, -0.15) is 0 Å². The Morgan fingerprint density at radius 2 is 1.83 bits per heavy atom. The standard InChI is InChI=1S/C13H10ClF2NO/c14-9-4-2-1-3-8(9)7-18-13-6-10(15)12(17)5-11(13)16/h1-6H,7,17H2. The van der Waals surface area contributed by atoms with E-state index in [1.807, 2.05) is 0 Å². The van der Waals surface area contributed by atoms with Crippen molar-refractivity contribution in [3.05, 3.63) is 58.6 Å². The molecule has 0 radical (unpaired) electrons. The maximum Gasteiger partial charge on any atom is 0.167 e. The summed E-state index contributed by atoms with van der Waals surface area (Å²) in [5.41, 5.74) is 5.67.